The average Bonchev–Trinajstić information content (AvgIpc) is 2.92. The Hall–Kier alpha value is -2.07. The Morgan fingerprint density at radius 2 is 1.91 bits per heavy atom. The van der Waals surface area contributed by atoms with Crippen LogP contribution in [0.1, 0.15) is 48.3 Å². The molecule has 1 N–H and O–H groups in total. The van der Waals surface area contributed by atoms with Crippen molar-refractivity contribution in [1.82, 2.24) is 4.57 Å². The Balaban J connectivity index is 2.14. The van der Waals surface area contributed by atoms with Crippen LogP contribution in [0.15, 0.2) is 42.6 Å². The number of carbonyl (C=O) groups excluding carboxylic acids is 1. The second-order valence-electron chi connectivity index (χ2n) is 5.99. The van der Waals surface area contributed by atoms with Gasteiger partial charge in [-0.25, -0.2) is 4.79 Å². The molecule has 1 aromatic carbocycles. The summed E-state index contributed by atoms with van der Waals surface area (Å²) >= 11 is 0. The highest BCUT2D eigenvalue weighted by Gasteiger charge is 2.20. The van der Waals surface area contributed by atoms with Crippen LogP contribution >= 0.6 is 0 Å². The average molecular weight is 315 g/mol. The molecule has 0 bridgehead atoms. The van der Waals surface area contributed by atoms with Crippen molar-refractivity contribution in [1.29, 1.82) is 0 Å². The van der Waals surface area contributed by atoms with Gasteiger partial charge in [0.1, 0.15) is 0 Å². The van der Waals surface area contributed by atoms with Gasteiger partial charge in [-0.15, -0.1) is 0 Å². The first kappa shape index (κ1) is 17.3. The molecule has 1 heterocycles. The first-order valence-electron chi connectivity index (χ1n) is 8.11. The molecule has 2 rings (SSSR count). The molecule has 124 valence electrons. The summed E-state index contributed by atoms with van der Waals surface area (Å²) in [4.78, 5) is 12.1. The Kier molecular flexibility index (Phi) is 5.99. The fraction of sp³-hybridized carbons (Fsp3) is 0.421. The van der Waals surface area contributed by atoms with Crippen LogP contribution in [0.4, 0.5) is 0 Å². The van der Waals surface area contributed by atoms with E-state index in [1.165, 1.54) is 0 Å². The maximum absolute atomic E-state index is 12.1. The summed E-state index contributed by atoms with van der Waals surface area (Å²) in [5, 5.41) is 10.4. The van der Waals surface area contributed by atoms with Gasteiger partial charge in [-0.2, -0.15) is 0 Å². The molecule has 4 nitrogen and oxygen atoms in total. The normalized spacial score (nSPS) is 12.4. The van der Waals surface area contributed by atoms with Gasteiger partial charge in [0, 0.05) is 24.9 Å². The van der Waals surface area contributed by atoms with E-state index in [9.17, 15) is 9.90 Å². The van der Waals surface area contributed by atoms with Crippen LogP contribution in [-0.4, -0.2) is 28.4 Å². The van der Waals surface area contributed by atoms with Crippen LogP contribution in [-0.2, 0) is 17.7 Å². The number of aromatic nitrogens is 1. The zero-order chi connectivity index (χ0) is 16.8. The summed E-state index contributed by atoms with van der Waals surface area (Å²) in [5.74, 6) is -0.124. The van der Waals surface area contributed by atoms with E-state index in [0.717, 1.165) is 11.3 Å². The lowest BCUT2D eigenvalue weighted by atomic mass is 10.0. The number of aliphatic hydroxyl groups is 1. The molecule has 0 aliphatic carbocycles. The van der Waals surface area contributed by atoms with Gasteiger partial charge in [0.25, 0.3) is 0 Å². The minimum absolute atomic E-state index is 0.174. The Labute approximate surface area is 137 Å². The molecule has 1 aromatic heterocycles. The van der Waals surface area contributed by atoms with Gasteiger partial charge in [0.05, 0.1) is 18.3 Å². The predicted octanol–water partition coefficient (Wildman–Crippen LogP) is 3.39. The fourth-order valence-corrected chi connectivity index (χ4v) is 2.85. The van der Waals surface area contributed by atoms with Crippen molar-refractivity contribution in [3.63, 3.8) is 0 Å². The summed E-state index contributed by atoms with van der Waals surface area (Å²) in [5.41, 5.74) is 2.60. The molecule has 0 radical (unpaired) electrons. The third-order valence-corrected chi connectivity index (χ3v) is 3.77. The number of esters is 1. The van der Waals surface area contributed by atoms with Crippen molar-refractivity contribution in [3.05, 3.63) is 59.4 Å². The molecule has 0 aliphatic rings. The summed E-state index contributed by atoms with van der Waals surface area (Å²) in [7, 11) is 0. The Morgan fingerprint density at radius 1 is 1.22 bits per heavy atom. The zero-order valence-electron chi connectivity index (χ0n) is 14.0. The molecule has 0 amide bonds. The number of hydrogen-bond donors (Lipinski definition) is 1. The lowest BCUT2D eigenvalue weighted by Crippen LogP contribution is -2.21. The van der Waals surface area contributed by atoms with E-state index < -0.39 is 6.10 Å². The maximum Gasteiger partial charge on any atom is 0.339 e. The van der Waals surface area contributed by atoms with E-state index in [4.69, 9.17) is 4.74 Å². The van der Waals surface area contributed by atoms with E-state index >= 15 is 0 Å². The van der Waals surface area contributed by atoms with Gasteiger partial charge >= 0.3 is 5.97 Å². The molecule has 1 unspecified atom stereocenters. The molecule has 0 saturated heterocycles. The van der Waals surface area contributed by atoms with Crippen LogP contribution in [0.3, 0.4) is 0 Å². The van der Waals surface area contributed by atoms with Crippen LogP contribution in [0.2, 0.25) is 0 Å². The van der Waals surface area contributed by atoms with Crippen LogP contribution in [0.5, 0.6) is 0 Å². The third kappa shape index (κ3) is 4.45. The van der Waals surface area contributed by atoms with Gasteiger partial charge in [-0.05, 0) is 24.5 Å². The quantitative estimate of drug-likeness (QED) is 0.797. The van der Waals surface area contributed by atoms with Gasteiger partial charge in [0.15, 0.2) is 0 Å². The summed E-state index contributed by atoms with van der Waals surface area (Å²) in [6.07, 6.45) is 1.94. The van der Waals surface area contributed by atoms with Crippen LogP contribution in [0, 0.1) is 0 Å². The lowest BCUT2D eigenvalue weighted by Gasteiger charge is -2.17. The smallest absolute Gasteiger partial charge is 0.339 e. The van der Waals surface area contributed by atoms with E-state index in [0.29, 0.717) is 25.1 Å². The number of benzene rings is 1. The van der Waals surface area contributed by atoms with E-state index in [1.54, 1.807) is 13.0 Å². The largest absolute Gasteiger partial charge is 0.462 e. The summed E-state index contributed by atoms with van der Waals surface area (Å²) < 4.78 is 7.08. The number of carbonyl (C=O) groups is 1. The molecular formula is C19H25NO3. The van der Waals surface area contributed by atoms with Gasteiger partial charge < -0.3 is 14.4 Å². The van der Waals surface area contributed by atoms with Crippen molar-refractivity contribution in [2.45, 2.75) is 45.8 Å². The molecular weight excluding hydrogens is 290 g/mol. The molecule has 0 saturated carbocycles. The summed E-state index contributed by atoms with van der Waals surface area (Å²) in [6, 6.07) is 11.7. The molecule has 0 aliphatic heterocycles. The standard InChI is InChI=1S/C19H25NO3/c1-4-23-19(22)17-10-11-20(18(17)14(2)3)13-16(21)12-15-8-6-5-7-9-15/h5-11,14,16,21H,4,12-13H2,1-3H3. The topological polar surface area (TPSA) is 51.5 Å². The van der Waals surface area contributed by atoms with Gasteiger partial charge in [-0.1, -0.05) is 44.2 Å². The second-order valence-corrected chi connectivity index (χ2v) is 5.99. The number of ether oxygens (including phenoxy) is 1. The van der Waals surface area contributed by atoms with Crippen molar-refractivity contribution in [2.24, 2.45) is 0 Å². The summed E-state index contributed by atoms with van der Waals surface area (Å²) in [6.45, 7) is 6.70. The van der Waals surface area contributed by atoms with Gasteiger partial charge in [-0.3, -0.25) is 0 Å². The van der Waals surface area contributed by atoms with Crippen LogP contribution in [0.25, 0.3) is 0 Å². The van der Waals surface area contributed by atoms with Gasteiger partial charge in [0.2, 0.25) is 0 Å². The monoisotopic (exact) mass is 315 g/mol. The molecule has 0 spiro atoms. The number of nitrogens with zero attached hydrogens (tertiary/aromatic N) is 1. The minimum Gasteiger partial charge on any atom is -0.462 e. The number of aliphatic hydroxyl groups excluding tert-OH is 1. The number of hydrogen-bond acceptors (Lipinski definition) is 3. The van der Waals surface area contributed by atoms with Crippen molar-refractivity contribution < 1.29 is 14.6 Å². The Bertz CT molecular complexity index is 631. The highest BCUT2D eigenvalue weighted by Crippen LogP contribution is 2.23. The molecule has 1 atom stereocenters. The Morgan fingerprint density at radius 3 is 2.52 bits per heavy atom. The first-order valence-corrected chi connectivity index (χ1v) is 8.11. The van der Waals surface area contributed by atoms with Crippen molar-refractivity contribution in [3.8, 4) is 0 Å². The third-order valence-electron chi connectivity index (χ3n) is 3.77. The SMILES string of the molecule is CCOC(=O)c1ccn(CC(O)Cc2ccccc2)c1C(C)C. The molecule has 0 fully saturated rings. The fourth-order valence-electron chi connectivity index (χ4n) is 2.85. The molecule has 23 heavy (non-hydrogen) atoms. The predicted molar refractivity (Wildman–Crippen MR) is 90.6 cm³/mol. The van der Waals surface area contributed by atoms with E-state index in [1.807, 2.05) is 54.9 Å². The zero-order valence-corrected chi connectivity index (χ0v) is 14.0. The van der Waals surface area contributed by atoms with E-state index in [2.05, 4.69) is 0 Å². The number of rotatable bonds is 7. The van der Waals surface area contributed by atoms with E-state index in [-0.39, 0.29) is 11.9 Å². The van der Waals surface area contributed by atoms with Crippen molar-refractivity contribution in [2.75, 3.05) is 6.61 Å². The van der Waals surface area contributed by atoms with Crippen LogP contribution < -0.4 is 0 Å². The molecule has 4 heteroatoms. The molecule has 2 aromatic rings. The highest BCUT2D eigenvalue weighted by molar-refractivity contribution is 5.91. The maximum atomic E-state index is 12.1. The highest BCUT2D eigenvalue weighted by atomic mass is 16.5. The van der Waals surface area contributed by atoms with Crippen molar-refractivity contribution >= 4 is 5.97 Å². The first-order chi connectivity index (χ1) is 11.0. The second kappa shape index (κ2) is 7.97. The minimum atomic E-state index is -0.502. The lowest BCUT2D eigenvalue weighted by molar-refractivity contribution is 0.0524.